The van der Waals surface area contributed by atoms with E-state index in [2.05, 4.69) is 26.6 Å². The lowest BCUT2D eigenvalue weighted by atomic mass is 10.1. The number of nitrogens with one attached hydrogen (secondary N) is 1. The van der Waals surface area contributed by atoms with Gasteiger partial charge in [-0.1, -0.05) is 36.0 Å². The lowest BCUT2D eigenvalue weighted by molar-refractivity contribution is -0.115. The molecule has 5 rings (SSSR count). The molecule has 7 nitrogen and oxygen atoms in total. The lowest BCUT2D eigenvalue weighted by Gasteiger charge is -2.12. The van der Waals surface area contributed by atoms with Crippen LogP contribution in [0.25, 0.3) is 21.6 Å². The molecular formula is C25H22N6OS2. The van der Waals surface area contributed by atoms with Crippen molar-refractivity contribution >= 4 is 44.9 Å². The minimum atomic E-state index is -0.337. The second-order valence-electron chi connectivity index (χ2n) is 7.80. The predicted octanol–water partition coefficient (Wildman–Crippen LogP) is 5.20. The predicted molar refractivity (Wildman–Crippen MR) is 137 cm³/mol. The zero-order chi connectivity index (χ0) is 23.5. The molecule has 2 aromatic carbocycles. The quantitative estimate of drug-likeness (QED) is 0.318. The third-order valence-electron chi connectivity index (χ3n) is 5.34. The molecule has 1 amide bonds. The Labute approximate surface area is 205 Å². The fraction of sp³-hybridized carbons (Fsp3) is 0.160. The number of para-hydroxylation sites is 1. The van der Waals surface area contributed by atoms with Gasteiger partial charge in [0, 0.05) is 37.1 Å². The van der Waals surface area contributed by atoms with E-state index in [9.17, 15) is 4.79 Å². The summed E-state index contributed by atoms with van der Waals surface area (Å²) in [5.74, 6) is 0.651. The summed E-state index contributed by atoms with van der Waals surface area (Å²) in [4.78, 5) is 21.5. The minimum absolute atomic E-state index is 0.0858. The second-order valence-corrected chi connectivity index (χ2v) is 10.2. The normalized spacial score (nSPS) is 12.1. The van der Waals surface area contributed by atoms with Crippen LogP contribution in [0.5, 0.6) is 0 Å². The Morgan fingerprint density at radius 2 is 1.82 bits per heavy atom. The number of thiazole rings is 1. The van der Waals surface area contributed by atoms with Crippen LogP contribution in [-0.4, -0.2) is 35.9 Å². The maximum absolute atomic E-state index is 12.8. The summed E-state index contributed by atoms with van der Waals surface area (Å²) in [6.07, 6.45) is 4.21. The number of nitrogens with zero attached hydrogens (tertiary/aromatic N) is 5. The second kappa shape index (κ2) is 9.74. The minimum Gasteiger partial charge on any atom is -0.325 e. The molecule has 3 aromatic heterocycles. The van der Waals surface area contributed by atoms with Crippen LogP contribution in [0.2, 0.25) is 0 Å². The number of thioether (sulfide) groups is 1. The summed E-state index contributed by atoms with van der Waals surface area (Å²) >= 11 is 3.09. The zero-order valence-corrected chi connectivity index (χ0v) is 20.3. The molecule has 170 valence electrons. The van der Waals surface area contributed by atoms with E-state index in [0.717, 1.165) is 39.6 Å². The average Bonchev–Trinajstić information content (AvgIpc) is 3.43. The molecule has 0 radical (unpaired) electrons. The number of aromatic nitrogens is 5. The fourth-order valence-corrected chi connectivity index (χ4v) is 5.32. The van der Waals surface area contributed by atoms with E-state index in [4.69, 9.17) is 4.98 Å². The van der Waals surface area contributed by atoms with Crippen LogP contribution >= 0.6 is 23.1 Å². The maximum atomic E-state index is 12.8. The summed E-state index contributed by atoms with van der Waals surface area (Å²) < 4.78 is 3.09. The largest absolute Gasteiger partial charge is 0.325 e. The molecule has 9 heteroatoms. The van der Waals surface area contributed by atoms with Crippen molar-refractivity contribution in [3.05, 3.63) is 83.6 Å². The summed E-state index contributed by atoms with van der Waals surface area (Å²) in [5, 5.41) is 12.9. The van der Waals surface area contributed by atoms with Crippen molar-refractivity contribution < 1.29 is 4.79 Å². The summed E-state index contributed by atoms with van der Waals surface area (Å²) in [7, 11) is 1.90. The summed E-state index contributed by atoms with van der Waals surface area (Å²) in [5.41, 5.74) is 3.89. The third kappa shape index (κ3) is 4.85. The Hall–Kier alpha value is -3.56. The van der Waals surface area contributed by atoms with Gasteiger partial charge in [-0.25, -0.2) is 4.98 Å². The van der Waals surface area contributed by atoms with Gasteiger partial charge in [0.2, 0.25) is 5.91 Å². The van der Waals surface area contributed by atoms with Crippen LogP contribution in [0.15, 0.2) is 78.2 Å². The average molecular weight is 487 g/mol. The van der Waals surface area contributed by atoms with Gasteiger partial charge in [-0.3, -0.25) is 9.78 Å². The van der Waals surface area contributed by atoms with Crippen molar-refractivity contribution in [3.8, 4) is 11.4 Å². The van der Waals surface area contributed by atoms with Crippen molar-refractivity contribution in [3.63, 3.8) is 0 Å². The number of carbonyl (C=O) groups excluding carboxylic acids is 1. The molecule has 0 fully saturated rings. The molecule has 1 N–H and O–H groups in total. The highest BCUT2D eigenvalue weighted by atomic mass is 32.2. The van der Waals surface area contributed by atoms with Crippen LogP contribution < -0.4 is 5.32 Å². The Morgan fingerprint density at radius 3 is 2.59 bits per heavy atom. The molecule has 1 atom stereocenters. The Kier molecular flexibility index (Phi) is 6.37. The van der Waals surface area contributed by atoms with E-state index >= 15 is 0 Å². The first-order valence-electron chi connectivity index (χ1n) is 10.8. The zero-order valence-electron chi connectivity index (χ0n) is 18.7. The van der Waals surface area contributed by atoms with Crippen LogP contribution in [0, 0.1) is 0 Å². The molecule has 0 aliphatic heterocycles. The van der Waals surface area contributed by atoms with Crippen LogP contribution in [0.4, 0.5) is 5.69 Å². The van der Waals surface area contributed by atoms with Gasteiger partial charge in [0.25, 0.3) is 0 Å². The van der Waals surface area contributed by atoms with Crippen LogP contribution in [0.1, 0.15) is 17.5 Å². The summed E-state index contributed by atoms with van der Waals surface area (Å²) in [6.45, 7) is 1.86. The van der Waals surface area contributed by atoms with Crippen molar-refractivity contribution in [2.45, 2.75) is 23.8 Å². The number of pyridine rings is 1. The number of anilines is 1. The van der Waals surface area contributed by atoms with Gasteiger partial charge in [-0.2, -0.15) is 0 Å². The number of carbonyl (C=O) groups is 1. The molecule has 0 spiro atoms. The van der Waals surface area contributed by atoms with Crippen LogP contribution in [-0.2, 0) is 18.3 Å². The summed E-state index contributed by atoms with van der Waals surface area (Å²) in [6, 6.07) is 19.9. The number of hydrogen-bond donors (Lipinski definition) is 1. The van der Waals surface area contributed by atoms with E-state index in [1.807, 2.05) is 73.1 Å². The first-order chi connectivity index (χ1) is 16.6. The standard InChI is InChI=1S/C25H22N6OS2/c1-16(33-25-30-29-23(31(25)2)18-11-13-26-14-12-18)24(32)27-19-9-7-17(8-10-19)15-22-28-20-5-3-4-6-21(20)34-22/h3-14,16H,15H2,1-2H3,(H,27,32)/t16-/m0/s1. The van der Waals surface area contributed by atoms with Crippen molar-refractivity contribution in [1.82, 2.24) is 24.7 Å². The lowest BCUT2D eigenvalue weighted by Crippen LogP contribution is -2.22. The first-order valence-corrected chi connectivity index (χ1v) is 12.5. The molecular weight excluding hydrogens is 464 g/mol. The number of amides is 1. The van der Waals surface area contributed by atoms with Crippen molar-refractivity contribution in [2.24, 2.45) is 7.05 Å². The highest BCUT2D eigenvalue weighted by Gasteiger charge is 2.19. The first kappa shape index (κ1) is 22.2. The monoisotopic (exact) mass is 486 g/mol. The van der Waals surface area contributed by atoms with Gasteiger partial charge in [0.15, 0.2) is 11.0 Å². The van der Waals surface area contributed by atoms with E-state index in [1.165, 1.54) is 16.5 Å². The molecule has 0 saturated heterocycles. The van der Waals surface area contributed by atoms with Gasteiger partial charge in [-0.15, -0.1) is 21.5 Å². The highest BCUT2D eigenvalue weighted by molar-refractivity contribution is 8.00. The number of hydrogen-bond acceptors (Lipinski definition) is 7. The molecule has 0 bridgehead atoms. The molecule has 5 aromatic rings. The molecule has 34 heavy (non-hydrogen) atoms. The topological polar surface area (TPSA) is 85.6 Å². The molecule has 0 unspecified atom stereocenters. The fourth-order valence-electron chi connectivity index (χ4n) is 3.50. The van der Waals surface area contributed by atoms with Crippen LogP contribution in [0.3, 0.4) is 0 Å². The molecule has 0 aliphatic carbocycles. The highest BCUT2D eigenvalue weighted by Crippen LogP contribution is 2.27. The van der Waals surface area contributed by atoms with Gasteiger partial charge >= 0.3 is 0 Å². The molecule has 3 heterocycles. The maximum Gasteiger partial charge on any atom is 0.237 e. The van der Waals surface area contributed by atoms with Gasteiger partial charge in [-0.05, 0) is 48.9 Å². The Bertz CT molecular complexity index is 1400. The van der Waals surface area contributed by atoms with Gasteiger partial charge in [0.05, 0.1) is 20.5 Å². The number of benzene rings is 2. The SMILES string of the molecule is C[C@H](Sc1nnc(-c2ccncc2)n1C)C(=O)Nc1ccc(Cc2nc3ccccc3s2)cc1. The van der Waals surface area contributed by atoms with Crippen molar-refractivity contribution in [2.75, 3.05) is 5.32 Å². The van der Waals surface area contributed by atoms with E-state index < -0.39 is 0 Å². The third-order valence-corrected chi connectivity index (χ3v) is 7.51. The number of fused-ring (bicyclic) bond motifs is 1. The van der Waals surface area contributed by atoms with Gasteiger partial charge in [0.1, 0.15) is 0 Å². The number of rotatable bonds is 7. The Balaban J connectivity index is 1.20. The van der Waals surface area contributed by atoms with Gasteiger partial charge < -0.3 is 9.88 Å². The van der Waals surface area contributed by atoms with E-state index in [1.54, 1.807) is 23.7 Å². The van der Waals surface area contributed by atoms with E-state index in [0.29, 0.717) is 5.16 Å². The smallest absolute Gasteiger partial charge is 0.237 e. The van der Waals surface area contributed by atoms with Crippen molar-refractivity contribution in [1.29, 1.82) is 0 Å². The molecule has 0 saturated carbocycles. The Morgan fingerprint density at radius 1 is 1.06 bits per heavy atom. The van der Waals surface area contributed by atoms with E-state index in [-0.39, 0.29) is 11.2 Å². The molecule has 0 aliphatic rings.